The SMILES string of the molecule is C[C-](C)C(C)(C)c1ccc(C(C)(C)C(C)(S)S)cc1.[V]. The molecule has 0 saturated heterocycles. The summed E-state index contributed by atoms with van der Waals surface area (Å²) in [6.45, 7) is 15.3. The quantitative estimate of drug-likeness (QED) is 0.405. The fourth-order valence-corrected chi connectivity index (χ4v) is 2.12. The maximum Gasteiger partial charge on any atom is 0.0614 e. The van der Waals surface area contributed by atoms with E-state index in [2.05, 4.69) is 91.1 Å². The third-order valence-corrected chi connectivity index (χ3v) is 5.88. The van der Waals surface area contributed by atoms with Crippen LogP contribution in [0.1, 0.15) is 59.6 Å². The predicted molar refractivity (Wildman–Crippen MR) is 93.5 cm³/mol. The third kappa shape index (κ3) is 4.03. The minimum absolute atomic E-state index is 0. The van der Waals surface area contributed by atoms with Gasteiger partial charge in [-0.2, -0.15) is 39.1 Å². The van der Waals surface area contributed by atoms with Crippen LogP contribution in [0.25, 0.3) is 0 Å². The average molecular weight is 346 g/mol. The summed E-state index contributed by atoms with van der Waals surface area (Å²) in [4.78, 5) is 0. The Bertz CT molecular complexity index is 425. The van der Waals surface area contributed by atoms with Gasteiger partial charge in [0.05, 0.1) is 4.08 Å². The summed E-state index contributed by atoms with van der Waals surface area (Å²) in [5, 5.41) is 0. The van der Waals surface area contributed by atoms with Gasteiger partial charge in [0.15, 0.2) is 0 Å². The van der Waals surface area contributed by atoms with Crippen molar-refractivity contribution in [3.05, 3.63) is 41.3 Å². The van der Waals surface area contributed by atoms with Crippen LogP contribution in [0, 0.1) is 5.92 Å². The molecule has 20 heavy (non-hydrogen) atoms. The normalized spacial score (nSPS) is 13.3. The first-order chi connectivity index (χ1) is 8.40. The fraction of sp³-hybridized carbons (Fsp3) is 0.588. The van der Waals surface area contributed by atoms with Crippen LogP contribution in [0.2, 0.25) is 0 Å². The van der Waals surface area contributed by atoms with Crippen molar-refractivity contribution in [2.45, 2.75) is 63.4 Å². The van der Waals surface area contributed by atoms with Gasteiger partial charge in [0, 0.05) is 24.0 Å². The summed E-state index contributed by atoms with van der Waals surface area (Å²) >= 11 is 9.24. The van der Waals surface area contributed by atoms with Gasteiger partial charge in [-0.25, -0.2) is 0 Å². The molecule has 0 amide bonds. The van der Waals surface area contributed by atoms with Crippen molar-refractivity contribution in [2.24, 2.45) is 0 Å². The second kappa shape index (κ2) is 6.73. The summed E-state index contributed by atoms with van der Waals surface area (Å²) < 4.78 is -0.350. The first-order valence-corrected chi connectivity index (χ1v) is 7.66. The topological polar surface area (TPSA) is 0 Å². The number of thiol groups is 2. The van der Waals surface area contributed by atoms with Crippen LogP contribution in [-0.4, -0.2) is 4.08 Å². The largest absolute Gasteiger partial charge is 0.310 e. The number of hydrogen-bond donors (Lipinski definition) is 2. The molecule has 0 spiro atoms. The van der Waals surface area contributed by atoms with Crippen LogP contribution < -0.4 is 0 Å². The van der Waals surface area contributed by atoms with Crippen LogP contribution in [-0.2, 0) is 29.4 Å². The van der Waals surface area contributed by atoms with E-state index in [1.54, 1.807) is 0 Å². The van der Waals surface area contributed by atoms with E-state index in [4.69, 9.17) is 0 Å². The van der Waals surface area contributed by atoms with E-state index in [1.807, 2.05) is 6.92 Å². The molecule has 0 unspecified atom stereocenters. The Morgan fingerprint density at radius 2 is 1.15 bits per heavy atom. The van der Waals surface area contributed by atoms with Crippen LogP contribution in [0.3, 0.4) is 0 Å². The minimum Gasteiger partial charge on any atom is -0.310 e. The van der Waals surface area contributed by atoms with Gasteiger partial charge in [-0.3, -0.25) is 0 Å². The van der Waals surface area contributed by atoms with Crippen LogP contribution in [0.5, 0.6) is 0 Å². The monoisotopic (exact) mass is 346 g/mol. The number of benzene rings is 1. The molecule has 1 aromatic rings. The molecule has 0 nitrogen and oxygen atoms in total. The summed E-state index contributed by atoms with van der Waals surface area (Å²) in [6, 6.07) is 8.89. The molecule has 0 fully saturated rings. The maximum atomic E-state index is 4.62. The Labute approximate surface area is 148 Å². The van der Waals surface area contributed by atoms with Crippen LogP contribution in [0.15, 0.2) is 24.3 Å². The van der Waals surface area contributed by atoms with E-state index < -0.39 is 0 Å². The molecule has 0 aromatic heterocycles. The Morgan fingerprint density at radius 1 is 0.800 bits per heavy atom. The van der Waals surface area contributed by atoms with Crippen molar-refractivity contribution in [1.82, 2.24) is 0 Å². The molecule has 113 valence electrons. The van der Waals surface area contributed by atoms with Gasteiger partial charge in [0.2, 0.25) is 0 Å². The predicted octanol–water partition coefficient (Wildman–Crippen LogP) is 5.43. The van der Waals surface area contributed by atoms with Crippen LogP contribution in [0.4, 0.5) is 0 Å². The summed E-state index contributed by atoms with van der Waals surface area (Å²) in [5.41, 5.74) is 2.65. The summed E-state index contributed by atoms with van der Waals surface area (Å²) in [7, 11) is 0. The molecule has 1 rings (SSSR count). The number of rotatable bonds is 4. The average Bonchev–Trinajstić information content (AvgIpc) is 2.27. The van der Waals surface area contributed by atoms with Crippen molar-refractivity contribution < 1.29 is 18.6 Å². The van der Waals surface area contributed by atoms with Gasteiger partial charge in [-0.1, -0.05) is 57.5 Å². The van der Waals surface area contributed by atoms with Crippen molar-refractivity contribution in [2.75, 3.05) is 0 Å². The molecule has 0 aliphatic carbocycles. The fourth-order valence-electron chi connectivity index (χ4n) is 1.87. The van der Waals surface area contributed by atoms with Gasteiger partial charge in [-0.05, 0) is 12.5 Å². The van der Waals surface area contributed by atoms with E-state index in [-0.39, 0.29) is 33.5 Å². The molecular formula is C17H27S2V-. The Hall–Kier alpha value is 0.504. The first-order valence-electron chi connectivity index (χ1n) is 6.77. The maximum absolute atomic E-state index is 4.62. The van der Waals surface area contributed by atoms with E-state index >= 15 is 0 Å². The van der Waals surface area contributed by atoms with Gasteiger partial charge in [-0.15, -0.1) is 5.41 Å². The van der Waals surface area contributed by atoms with E-state index in [0.717, 1.165) is 0 Å². The molecule has 3 heteroatoms. The molecule has 1 aromatic carbocycles. The number of hydrogen-bond acceptors (Lipinski definition) is 2. The molecule has 0 heterocycles. The molecule has 0 N–H and O–H groups in total. The summed E-state index contributed by atoms with van der Waals surface area (Å²) in [5.74, 6) is 1.42. The van der Waals surface area contributed by atoms with Gasteiger partial charge < -0.3 is 5.92 Å². The molecule has 0 aliphatic heterocycles. The Morgan fingerprint density at radius 3 is 1.45 bits per heavy atom. The second-order valence-corrected chi connectivity index (χ2v) is 8.99. The van der Waals surface area contributed by atoms with Gasteiger partial charge in [0.1, 0.15) is 0 Å². The summed E-state index contributed by atoms with van der Waals surface area (Å²) in [6.07, 6.45) is 0. The Balaban J connectivity index is 0.00000361. The van der Waals surface area contributed by atoms with E-state index in [0.29, 0.717) is 0 Å². The van der Waals surface area contributed by atoms with Crippen molar-refractivity contribution in [3.8, 4) is 0 Å². The standard InChI is InChI=1S/C17H27S2.V/c1-12(2)15(3,4)13-8-10-14(11-9-13)16(5,6)17(7,18)19;/h8-11,18-19H,1-7H3;/q-1;. The van der Waals surface area contributed by atoms with Crippen molar-refractivity contribution >= 4 is 25.3 Å². The second-order valence-electron chi connectivity index (χ2n) is 6.85. The van der Waals surface area contributed by atoms with Gasteiger partial charge in [0.25, 0.3) is 0 Å². The molecule has 0 bridgehead atoms. The zero-order chi connectivity index (χ0) is 15.1. The molecule has 0 atom stereocenters. The molecule has 1 radical (unpaired) electrons. The Kier molecular flexibility index (Phi) is 6.90. The van der Waals surface area contributed by atoms with Gasteiger partial charge >= 0.3 is 0 Å². The zero-order valence-electron chi connectivity index (χ0n) is 13.7. The van der Waals surface area contributed by atoms with Crippen molar-refractivity contribution in [1.29, 1.82) is 0 Å². The zero-order valence-corrected chi connectivity index (χ0v) is 16.8. The van der Waals surface area contributed by atoms with E-state index in [1.165, 1.54) is 17.0 Å². The minimum atomic E-state index is -0.350. The van der Waals surface area contributed by atoms with E-state index in [9.17, 15) is 0 Å². The first kappa shape index (κ1) is 20.5. The molecule has 0 aliphatic rings. The third-order valence-electron chi connectivity index (χ3n) is 4.76. The molecular weight excluding hydrogens is 319 g/mol. The molecule has 0 saturated carbocycles. The van der Waals surface area contributed by atoms with Crippen molar-refractivity contribution in [3.63, 3.8) is 0 Å². The van der Waals surface area contributed by atoms with Crippen LogP contribution >= 0.6 is 25.3 Å². The smallest absolute Gasteiger partial charge is 0.0614 e.